The van der Waals surface area contributed by atoms with Gasteiger partial charge in [0.1, 0.15) is 11.0 Å². The molecular weight excluding hydrogens is 267 g/mol. The Bertz CT molecular complexity index is 572. The van der Waals surface area contributed by atoms with Crippen LogP contribution in [0.25, 0.3) is 0 Å². The average Bonchev–Trinajstić information content (AvgIpc) is 2.41. The Balaban J connectivity index is 1.86. The van der Waals surface area contributed by atoms with Gasteiger partial charge in [-0.05, 0) is 36.2 Å². The molecule has 3 nitrogen and oxygen atoms in total. The zero-order valence-corrected chi connectivity index (χ0v) is 10.8. The summed E-state index contributed by atoms with van der Waals surface area (Å²) in [6.07, 6.45) is 2.13. The average molecular weight is 279 g/mol. The second-order valence-electron chi connectivity index (χ2n) is 4.00. The molecule has 0 unspecified atom stereocenters. The highest BCUT2D eigenvalue weighted by Crippen LogP contribution is 2.07. The van der Waals surface area contributed by atoms with Crippen molar-refractivity contribution in [3.8, 4) is 0 Å². The van der Waals surface area contributed by atoms with E-state index in [-0.39, 0.29) is 16.9 Å². The molecule has 0 aliphatic carbocycles. The summed E-state index contributed by atoms with van der Waals surface area (Å²) in [6, 6.07) is 9.31. The van der Waals surface area contributed by atoms with Crippen LogP contribution in [0, 0.1) is 5.82 Å². The maximum absolute atomic E-state index is 12.7. The van der Waals surface area contributed by atoms with Crippen LogP contribution >= 0.6 is 11.6 Å². The fourth-order valence-corrected chi connectivity index (χ4v) is 1.79. The van der Waals surface area contributed by atoms with Gasteiger partial charge in [0.15, 0.2) is 0 Å². The molecule has 0 fully saturated rings. The molecule has 2 aromatic rings. The van der Waals surface area contributed by atoms with Gasteiger partial charge in [0.2, 0.25) is 0 Å². The molecule has 98 valence electrons. The van der Waals surface area contributed by atoms with Crippen LogP contribution in [0.2, 0.25) is 5.15 Å². The van der Waals surface area contributed by atoms with Crippen molar-refractivity contribution < 1.29 is 9.18 Å². The number of halogens is 2. The first-order valence-electron chi connectivity index (χ1n) is 5.79. The molecule has 2 rings (SSSR count). The Kier molecular flexibility index (Phi) is 4.47. The van der Waals surface area contributed by atoms with Gasteiger partial charge >= 0.3 is 0 Å². The fourth-order valence-electron chi connectivity index (χ4n) is 1.62. The molecule has 1 N–H and O–H groups in total. The van der Waals surface area contributed by atoms with Gasteiger partial charge in [-0.3, -0.25) is 4.79 Å². The van der Waals surface area contributed by atoms with E-state index >= 15 is 0 Å². The molecule has 5 heteroatoms. The van der Waals surface area contributed by atoms with E-state index in [0.29, 0.717) is 18.5 Å². The van der Waals surface area contributed by atoms with Gasteiger partial charge in [-0.15, -0.1) is 0 Å². The quantitative estimate of drug-likeness (QED) is 0.874. The first-order valence-corrected chi connectivity index (χ1v) is 6.17. The zero-order valence-electron chi connectivity index (χ0n) is 10.1. The summed E-state index contributed by atoms with van der Waals surface area (Å²) in [5, 5.41) is 3.05. The minimum absolute atomic E-state index is 0.202. The predicted octanol–water partition coefficient (Wildman–Crippen LogP) is 2.85. The van der Waals surface area contributed by atoms with E-state index in [1.165, 1.54) is 24.4 Å². The molecular formula is C14H12ClFN2O. The molecule has 0 atom stereocenters. The summed E-state index contributed by atoms with van der Waals surface area (Å²) in [7, 11) is 0. The van der Waals surface area contributed by atoms with Gasteiger partial charge < -0.3 is 5.32 Å². The number of nitrogens with zero attached hydrogens (tertiary/aromatic N) is 1. The van der Waals surface area contributed by atoms with Gasteiger partial charge in [-0.25, -0.2) is 9.37 Å². The molecule has 1 amide bonds. The van der Waals surface area contributed by atoms with Crippen LogP contribution in [-0.4, -0.2) is 17.4 Å². The van der Waals surface area contributed by atoms with Crippen molar-refractivity contribution >= 4 is 17.5 Å². The van der Waals surface area contributed by atoms with E-state index in [0.717, 1.165) is 5.56 Å². The first-order chi connectivity index (χ1) is 9.15. The number of carbonyl (C=O) groups is 1. The van der Waals surface area contributed by atoms with Gasteiger partial charge in [-0.2, -0.15) is 0 Å². The lowest BCUT2D eigenvalue weighted by molar-refractivity contribution is 0.0954. The van der Waals surface area contributed by atoms with Crippen molar-refractivity contribution in [2.75, 3.05) is 6.54 Å². The number of hydrogen-bond acceptors (Lipinski definition) is 2. The summed E-state index contributed by atoms with van der Waals surface area (Å²) < 4.78 is 12.7. The van der Waals surface area contributed by atoms with Gasteiger partial charge in [-0.1, -0.05) is 23.7 Å². The summed E-state index contributed by atoms with van der Waals surface area (Å²) in [4.78, 5) is 15.6. The van der Waals surface area contributed by atoms with E-state index < -0.39 is 0 Å². The normalized spacial score (nSPS) is 10.2. The summed E-state index contributed by atoms with van der Waals surface area (Å²) in [5.74, 6) is -0.467. The minimum Gasteiger partial charge on any atom is -0.352 e. The Morgan fingerprint density at radius 3 is 2.68 bits per heavy atom. The molecule has 19 heavy (non-hydrogen) atoms. The third kappa shape index (κ3) is 4.03. The van der Waals surface area contributed by atoms with Crippen molar-refractivity contribution in [2.24, 2.45) is 0 Å². The van der Waals surface area contributed by atoms with Crippen LogP contribution in [0.1, 0.15) is 15.9 Å². The summed E-state index contributed by atoms with van der Waals surface area (Å²) in [5.41, 5.74) is 1.44. The van der Waals surface area contributed by atoms with Crippen LogP contribution < -0.4 is 5.32 Å². The van der Waals surface area contributed by atoms with Gasteiger partial charge in [0.25, 0.3) is 5.91 Å². The lowest BCUT2D eigenvalue weighted by atomic mass is 10.1. The smallest absolute Gasteiger partial charge is 0.251 e. The molecule has 0 aliphatic heterocycles. The Morgan fingerprint density at radius 2 is 2.00 bits per heavy atom. The number of aromatic nitrogens is 1. The lowest BCUT2D eigenvalue weighted by Gasteiger charge is -2.05. The number of nitrogens with one attached hydrogen (secondary N) is 1. The van der Waals surface area contributed by atoms with Crippen molar-refractivity contribution in [3.63, 3.8) is 0 Å². The van der Waals surface area contributed by atoms with Crippen molar-refractivity contribution in [2.45, 2.75) is 6.42 Å². The third-order valence-electron chi connectivity index (χ3n) is 2.60. The van der Waals surface area contributed by atoms with Crippen LogP contribution in [-0.2, 0) is 6.42 Å². The number of carbonyl (C=O) groups excluding carboxylic acids is 1. The second kappa shape index (κ2) is 6.29. The highest BCUT2D eigenvalue weighted by molar-refractivity contribution is 6.29. The second-order valence-corrected chi connectivity index (χ2v) is 4.39. The SMILES string of the molecule is O=C(NCCc1ccc(F)cc1)c1ccnc(Cl)c1. The molecule has 0 spiro atoms. The van der Waals surface area contributed by atoms with Crippen molar-refractivity contribution in [3.05, 3.63) is 64.7 Å². The topological polar surface area (TPSA) is 42.0 Å². The Hall–Kier alpha value is -1.94. The van der Waals surface area contributed by atoms with Crippen LogP contribution in [0.4, 0.5) is 4.39 Å². The standard InChI is InChI=1S/C14H12ClFN2O/c15-13-9-11(6-8-17-13)14(19)18-7-5-10-1-3-12(16)4-2-10/h1-4,6,8-9H,5,7H2,(H,18,19). The largest absolute Gasteiger partial charge is 0.352 e. The third-order valence-corrected chi connectivity index (χ3v) is 2.81. The van der Waals surface area contributed by atoms with Crippen LogP contribution in [0.5, 0.6) is 0 Å². The van der Waals surface area contributed by atoms with Gasteiger partial charge in [0, 0.05) is 18.3 Å². The van der Waals surface area contributed by atoms with E-state index in [1.807, 2.05) is 0 Å². The highest BCUT2D eigenvalue weighted by Gasteiger charge is 2.05. The molecule has 1 aromatic heterocycles. The van der Waals surface area contributed by atoms with E-state index in [2.05, 4.69) is 10.3 Å². The first kappa shape index (κ1) is 13.5. The van der Waals surface area contributed by atoms with E-state index in [9.17, 15) is 9.18 Å². The molecule has 0 aliphatic rings. The predicted molar refractivity (Wildman–Crippen MR) is 71.7 cm³/mol. The maximum atomic E-state index is 12.7. The minimum atomic E-state index is -0.265. The van der Waals surface area contributed by atoms with Crippen LogP contribution in [0.15, 0.2) is 42.6 Å². The molecule has 1 heterocycles. The molecule has 0 bridgehead atoms. The fraction of sp³-hybridized carbons (Fsp3) is 0.143. The molecule has 1 aromatic carbocycles. The van der Waals surface area contributed by atoms with Crippen LogP contribution in [0.3, 0.4) is 0 Å². The highest BCUT2D eigenvalue weighted by atomic mass is 35.5. The number of hydrogen-bond donors (Lipinski definition) is 1. The summed E-state index contributed by atoms with van der Waals surface area (Å²) >= 11 is 5.71. The van der Waals surface area contributed by atoms with Crippen molar-refractivity contribution in [1.82, 2.24) is 10.3 Å². The molecule has 0 saturated carbocycles. The lowest BCUT2D eigenvalue weighted by Crippen LogP contribution is -2.25. The Labute approximate surface area is 115 Å². The number of benzene rings is 1. The Morgan fingerprint density at radius 1 is 1.26 bits per heavy atom. The number of rotatable bonds is 4. The van der Waals surface area contributed by atoms with E-state index in [4.69, 9.17) is 11.6 Å². The number of pyridine rings is 1. The molecule has 0 radical (unpaired) electrons. The van der Waals surface area contributed by atoms with E-state index in [1.54, 1.807) is 18.2 Å². The maximum Gasteiger partial charge on any atom is 0.251 e. The summed E-state index contributed by atoms with van der Waals surface area (Å²) in [6.45, 7) is 0.477. The molecule has 0 saturated heterocycles. The van der Waals surface area contributed by atoms with Gasteiger partial charge in [0.05, 0.1) is 0 Å². The number of amides is 1. The monoisotopic (exact) mass is 278 g/mol. The van der Waals surface area contributed by atoms with Crippen molar-refractivity contribution in [1.29, 1.82) is 0 Å². The zero-order chi connectivity index (χ0) is 13.7.